The predicted octanol–water partition coefficient (Wildman–Crippen LogP) is 4.52. The van der Waals surface area contributed by atoms with Crippen molar-refractivity contribution >= 4 is 11.6 Å². The van der Waals surface area contributed by atoms with Crippen LogP contribution in [0.4, 0.5) is 18.9 Å². The monoisotopic (exact) mass is 420 g/mol. The maximum absolute atomic E-state index is 12.9. The highest BCUT2D eigenvalue weighted by atomic mass is 19.4. The number of nitrogens with two attached hydrogens (primary N) is 1. The molecule has 0 aromatic heterocycles. The van der Waals surface area contributed by atoms with Crippen molar-refractivity contribution in [2.24, 2.45) is 16.6 Å². The molecule has 162 valence electrons. The van der Waals surface area contributed by atoms with Crippen LogP contribution in [0.15, 0.2) is 53.5 Å². The number of aliphatic imine (C=N–C) groups is 1. The molecule has 1 aliphatic heterocycles. The normalized spacial score (nSPS) is 20.8. The Morgan fingerprint density at radius 3 is 2.43 bits per heavy atom. The number of hydrogen-bond acceptors (Lipinski definition) is 3. The number of anilines is 1. The quantitative estimate of drug-likeness (QED) is 0.551. The van der Waals surface area contributed by atoms with E-state index >= 15 is 0 Å². The van der Waals surface area contributed by atoms with Gasteiger partial charge in [0.25, 0.3) is 0 Å². The van der Waals surface area contributed by atoms with Gasteiger partial charge in [0.1, 0.15) is 5.75 Å². The van der Waals surface area contributed by atoms with E-state index in [-0.39, 0.29) is 12.0 Å². The van der Waals surface area contributed by atoms with Gasteiger partial charge in [0.05, 0.1) is 12.7 Å². The third-order valence-corrected chi connectivity index (χ3v) is 5.45. The first kappa shape index (κ1) is 22.0. The zero-order valence-corrected chi connectivity index (χ0v) is 17.1. The Hall–Kier alpha value is -2.74. The van der Waals surface area contributed by atoms with Crippen LogP contribution in [0.25, 0.3) is 0 Å². The van der Waals surface area contributed by atoms with E-state index in [1.54, 1.807) is 19.2 Å². The van der Waals surface area contributed by atoms with Crippen LogP contribution in [0.3, 0.4) is 0 Å². The summed E-state index contributed by atoms with van der Waals surface area (Å²) in [4.78, 5) is 6.68. The summed E-state index contributed by atoms with van der Waals surface area (Å²) < 4.78 is 43.8. The molecule has 1 heterocycles. The van der Waals surface area contributed by atoms with Crippen LogP contribution in [0.1, 0.15) is 30.0 Å². The van der Waals surface area contributed by atoms with Crippen LogP contribution >= 0.6 is 0 Å². The van der Waals surface area contributed by atoms with Crippen molar-refractivity contribution in [3.8, 4) is 5.75 Å². The van der Waals surface area contributed by atoms with Gasteiger partial charge >= 0.3 is 6.18 Å². The molecule has 1 aliphatic rings. The van der Waals surface area contributed by atoms with Crippen LogP contribution < -0.4 is 15.8 Å². The maximum atomic E-state index is 12.9. The van der Waals surface area contributed by atoms with E-state index in [1.807, 2.05) is 31.3 Å². The molecule has 2 unspecified atom stereocenters. The smallest absolute Gasteiger partial charge is 0.416 e. The van der Waals surface area contributed by atoms with Crippen LogP contribution in [0.2, 0.25) is 0 Å². The summed E-state index contributed by atoms with van der Waals surface area (Å²) in [6.45, 7) is 1.39. The minimum Gasteiger partial charge on any atom is -0.497 e. The topological polar surface area (TPSA) is 62.9 Å². The molecule has 5 nitrogen and oxygen atoms in total. The van der Waals surface area contributed by atoms with Crippen molar-refractivity contribution in [2.75, 3.05) is 32.6 Å². The van der Waals surface area contributed by atoms with Gasteiger partial charge in [0.15, 0.2) is 5.96 Å². The van der Waals surface area contributed by atoms with Gasteiger partial charge in [-0.05, 0) is 74.3 Å². The zero-order chi connectivity index (χ0) is 21.7. The molecule has 2 atom stereocenters. The fraction of sp³-hybridized carbons (Fsp3) is 0.409. The van der Waals surface area contributed by atoms with Crippen LogP contribution in [0.5, 0.6) is 5.75 Å². The SMILES string of the molecule is COc1ccc(NC(N)=NCC2CCCN(C)C2c2ccc(C(F)(F)F)cc2)cc1. The number of likely N-dealkylation sites (tertiary alicyclic amines) is 1. The van der Waals surface area contributed by atoms with Crippen LogP contribution in [-0.2, 0) is 6.18 Å². The Labute approximate surface area is 174 Å². The number of guanidine groups is 1. The van der Waals surface area contributed by atoms with Crippen molar-refractivity contribution < 1.29 is 17.9 Å². The molecule has 3 rings (SSSR count). The summed E-state index contributed by atoms with van der Waals surface area (Å²) >= 11 is 0. The van der Waals surface area contributed by atoms with E-state index < -0.39 is 11.7 Å². The number of nitrogens with one attached hydrogen (secondary N) is 1. The largest absolute Gasteiger partial charge is 0.497 e. The lowest BCUT2D eigenvalue weighted by Gasteiger charge is -2.39. The molecular formula is C22H27F3N4O. The molecule has 1 saturated heterocycles. The van der Waals surface area contributed by atoms with E-state index in [9.17, 15) is 13.2 Å². The van der Waals surface area contributed by atoms with E-state index in [4.69, 9.17) is 10.5 Å². The molecule has 8 heteroatoms. The van der Waals surface area contributed by atoms with Gasteiger partial charge in [-0.15, -0.1) is 0 Å². The van der Waals surface area contributed by atoms with Crippen LogP contribution in [0, 0.1) is 5.92 Å². The molecule has 2 aromatic carbocycles. The third-order valence-electron chi connectivity index (χ3n) is 5.45. The van der Waals surface area contributed by atoms with Gasteiger partial charge in [-0.25, -0.2) is 0 Å². The van der Waals surface area contributed by atoms with E-state index in [1.165, 1.54) is 0 Å². The lowest BCUT2D eigenvalue weighted by Crippen LogP contribution is -2.38. The van der Waals surface area contributed by atoms with Gasteiger partial charge in [0.2, 0.25) is 0 Å². The number of rotatable bonds is 5. The molecule has 0 aliphatic carbocycles. The van der Waals surface area contributed by atoms with Crippen molar-refractivity contribution in [1.82, 2.24) is 4.90 Å². The number of alkyl halides is 3. The van der Waals surface area contributed by atoms with Gasteiger partial charge in [-0.3, -0.25) is 9.89 Å². The zero-order valence-electron chi connectivity index (χ0n) is 17.1. The summed E-state index contributed by atoms with van der Waals surface area (Å²) in [5, 5.41) is 3.06. The van der Waals surface area contributed by atoms with Crippen molar-refractivity contribution in [1.29, 1.82) is 0 Å². The second kappa shape index (κ2) is 9.38. The summed E-state index contributed by atoms with van der Waals surface area (Å²) in [7, 11) is 3.60. The first-order valence-corrected chi connectivity index (χ1v) is 9.86. The number of methoxy groups -OCH3 is 1. The number of nitrogens with zero attached hydrogens (tertiary/aromatic N) is 2. The first-order chi connectivity index (χ1) is 14.3. The number of halogens is 3. The fourth-order valence-corrected chi connectivity index (χ4v) is 3.92. The molecule has 0 amide bonds. The van der Waals surface area contributed by atoms with E-state index in [2.05, 4.69) is 15.2 Å². The van der Waals surface area contributed by atoms with E-state index in [0.29, 0.717) is 12.5 Å². The molecule has 1 fully saturated rings. The van der Waals surface area contributed by atoms with Crippen molar-refractivity contribution in [3.05, 3.63) is 59.7 Å². The third kappa shape index (κ3) is 5.44. The second-order valence-electron chi connectivity index (χ2n) is 7.53. The first-order valence-electron chi connectivity index (χ1n) is 9.86. The average Bonchev–Trinajstić information content (AvgIpc) is 2.72. The minimum absolute atomic E-state index is 0.00132. The predicted molar refractivity (Wildman–Crippen MR) is 113 cm³/mol. The Kier molecular flexibility index (Phi) is 6.87. The lowest BCUT2D eigenvalue weighted by molar-refractivity contribution is -0.137. The Morgan fingerprint density at radius 1 is 1.17 bits per heavy atom. The summed E-state index contributed by atoms with van der Waals surface area (Å²) in [6, 6.07) is 12.8. The van der Waals surface area contributed by atoms with Gasteiger partial charge in [-0.1, -0.05) is 12.1 Å². The number of ether oxygens (including phenoxy) is 1. The van der Waals surface area contributed by atoms with Gasteiger partial charge in [-0.2, -0.15) is 13.2 Å². The Morgan fingerprint density at radius 2 is 1.83 bits per heavy atom. The Bertz CT molecular complexity index is 850. The molecule has 3 N–H and O–H groups in total. The molecule has 30 heavy (non-hydrogen) atoms. The molecule has 0 radical (unpaired) electrons. The Balaban J connectivity index is 1.70. The standard InChI is InChI=1S/C22H27F3N4O/c1-29-13-3-4-16(20(29)15-5-7-17(8-6-15)22(23,24)25)14-27-21(26)28-18-9-11-19(30-2)12-10-18/h5-12,16,20H,3-4,13-14H2,1-2H3,(H3,26,27,28). The highest BCUT2D eigenvalue weighted by molar-refractivity contribution is 5.92. The summed E-state index contributed by atoms with van der Waals surface area (Å²) in [6.07, 6.45) is -2.38. The number of piperidine rings is 1. The lowest BCUT2D eigenvalue weighted by atomic mass is 9.84. The molecule has 2 aromatic rings. The number of hydrogen-bond donors (Lipinski definition) is 2. The summed E-state index contributed by atoms with van der Waals surface area (Å²) in [5.41, 5.74) is 7.09. The summed E-state index contributed by atoms with van der Waals surface area (Å²) in [5.74, 6) is 1.22. The van der Waals surface area contributed by atoms with Crippen molar-refractivity contribution in [2.45, 2.75) is 25.1 Å². The van der Waals surface area contributed by atoms with Crippen LogP contribution in [-0.4, -0.2) is 38.1 Å². The molecule has 0 bridgehead atoms. The number of benzene rings is 2. The molecule has 0 saturated carbocycles. The maximum Gasteiger partial charge on any atom is 0.416 e. The second-order valence-corrected chi connectivity index (χ2v) is 7.53. The molecule has 0 spiro atoms. The van der Waals surface area contributed by atoms with Gasteiger partial charge in [0, 0.05) is 18.3 Å². The minimum atomic E-state index is -4.33. The molecular weight excluding hydrogens is 393 g/mol. The highest BCUT2D eigenvalue weighted by Gasteiger charge is 2.33. The fourth-order valence-electron chi connectivity index (χ4n) is 3.92. The average molecular weight is 420 g/mol. The van der Waals surface area contributed by atoms with Crippen molar-refractivity contribution in [3.63, 3.8) is 0 Å². The van der Waals surface area contributed by atoms with Gasteiger partial charge < -0.3 is 15.8 Å². The van der Waals surface area contributed by atoms with E-state index in [0.717, 1.165) is 48.5 Å². The highest BCUT2D eigenvalue weighted by Crippen LogP contribution is 2.37.